The Kier molecular flexibility index (Phi) is 4.16. The van der Waals surface area contributed by atoms with Gasteiger partial charge in [-0.3, -0.25) is 4.79 Å². The van der Waals surface area contributed by atoms with E-state index in [1.807, 2.05) is 13.0 Å². The molecule has 1 fully saturated rings. The maximum atomic E-state index is 12.6. The molecule has 2 N–H and O–H groups in total. The van der Waals surface area contributed by atoms with Gasteiger partial charge < -0.3 is 29.6 Å². The molecule has 0 spiro atoms. The number of fused-ring (bicyclic) bond motifs is 1. The Morgan fingerprint density at radius 3 is 2.46 bits per heavy atom. The van der Waals surface area contributed by atoms with Crippen molar-refractivity contribution in [2.24, 2.45) is 0 Å². The van der Waals surface area contributed by atoms with Crippen molar-refractivity contribution in [3.05, 3.63) is 41.7 Å². The minimum atomic E-state index is -0.182. The number of aromatic amines is 1. The molecule has 2 aliphatic rings. The van der Waals surface area contributed by atoms with Crippen LogP contribution in [0.2, 0.25) is 0 Å². The van der Waals surface area contributed by atoms with Gasteiger partial charge >= 0.3 is 6.03 Å². The summed E-state index contributed by atoms with van der Waals surface area (Å²) in [7, 11) is 0. The molecule has 8 heteroatoms. The van der Waals surface area contributed by atoms with Gasteiger partial charge in [0.1, 0.15) is 5.69 Å². The maximum absolute atomic E-state index is 12.6. The highest BCUT2D eigenvalue weighted by molar-refractivity contribution is 5.93. The van der Waals surface area contributed by atoms with Crippen LogP contribution in [0.25, 0.3) is 0 Å². The summed E-state index contributed by atoms with van der Waals surface area (Å²) >= 11 is 0. The predicted octanol–water partition coefficient (Wildman–Crippen LogP) is 2.04. The second-order valence-corrected chi connectivity index (χ2v) is 6.31. The van der Waals surface area contributed by atoms with E-state index < -0.39 is 0 Å². The van der Waals surface area contributed by atoms with Crippen LogP contribution in [0, 0.1) is 6.92 Å². The zero-order valence-electron chi connectivity index (χ0n) is 14.4. The van der Waals surface area contributed by atoms with Crippen LogP contribution in [0.5, 0.6) is 11.5 Å². The van der Waals surface area contributed by atoms with Gasteiger partial charge in [-0.2, -0.15) is 0 Å². The van der Waals surface area contributed by atoms with Crippen molar-refractivity contribution in [3.63, 3.8) is 0 Å². The third kappa shape index (κ3) is 3.05. The topological polar surface area (TPSA) is 86.9 Å². The van der Waals surface area contributed by atoms with E-state index in [2.05, 4.69) is 10.3 Å². The maximum Gasteiger partial charge on any atom is 0.321 e. The van der Waals surface area contributed by atoms with Crippen LogP contribution in [0.3, 0.4) is 0 Å². The first-order chi connectivity index (χ1) is 12.6. The van der Waals surface area contributed by atoms with E-state index in [0.29, 0.717) is 49.1 Å². The van der Waals surface area contributed by atoms with E-state index in [1.54, 1.807) is 34.2 Å². The number of carbonyl (C=O) groups is 2. The Morgan fingerprint density at radius 2 is 1.77 bits per heavy atom. The molecule has 0 atom stereocenters. The number of urea groups is 1. The number of aromatic nitrogens is 1. The minimum absolute atomic E-state index is 0.0401. The number of amides is 3. The smallest absolute Gasteiger partial charge is 0.321 e. The Balaban J connectivity index is 1.36. The lowest BCUT2D eigenvalue weighted by Gasteiger charge is -2.34. The zero-order valence-corrected chi connectivity index (χ0v) is 14.4. The first-order valence-corrected chi connectivity index (χ1v) is 8.50. The molecule has 8 nitrogen and oxygen atoms in total. The first kappa shape index (κ1) is 16.3. The van der Waals surface area contributed by atoms with Crippen LogP contribution in [0.4, 0.5) is 10.5 Å². The number of carbonyl (C=O) groups excluding carboxylic acids is 2. The number of anilines is 1. The Hall–Kier alpha value is -3.16. The third-order valence-electron chi connectivity index (χ3n) is 4.64. The highest BCUT2D eigenvalue weighted by atomic mass is 16.7. The highest BCUT2D eigenvalue weighted by Gasteiger charge is 2.26. The fourth-order valence-corrected chi connectivity index (χ4v) is 3.12. The molecular weight excluding hydrogens is 336 g/mol. The highest BCUT2D eigenvalue weighted by Crippen LogP contribution is 2.36. The van der Waals surface area contributed by atoms with Crippen molar-refractivity contribution in [2.45, 2.75) is 6.92 Å². The number of ether oxygens (including phenoxy) is 2. The van der Waals surface area contributed by atoms with Gasteiger partial charge in [-0.05, 0) is 30.7 Å². The Morgan fingerprint density at radius 1 is 1.08 bits per heavy atom. The number of rotatable bonds is 2. The van der Waals surface area contributed by atoms with E-state index in [4.69, 9.17) is 9.47 Å². The zero-order chi connectivity index (χ0) is 18.1. The fourth-order valence-electron chi connectivity index (χ4n) is 3.12. The number of hydrogen-bond donors (Lipinski definition) is 2. The van der Waals surface area contributed by atoms with Gasteiger partial charge in [0, 0.05) is 44.1 Å². The van der Waals surface area contributed by atoms with Crippen molar-refractivity contribution in [1.82, 2.24) is 14.8 Å². The number of benzene rings is 1. The molecule has 26 heavy (non-hydrogen) atoms. The normalized spacial score (nSPS) is 15.9. The van der Waals surface area contributed by atoms with Gasteiger partial charge in [-0.1, -0.05) is 0 Å². The van der Waals surface area contributed by atoms with Crippen molar-refractivity contribution >= 4 is 17.6 Å². The predicted molar refractivity (Wildman–Crippen MR) is 94.6 cm³/mol. The Bertz CT molecular complexity index is 826. The van der Waals surface area contributed by atoms with Crippen molar-refractivity contribution in [1.29, 1.82) is 0 Å². The molecule has 2 aromatic rings. The van der Waals surface area contributed by atoms with E-state index in [-0.39, 0.29) is 18.7 Å². The number of nitrogens with one attached hydrogen (secondary N) is 2. The molecule has 136 valence electrons. The molecule has 3 amide bonds. The number of aryl methyl sites for hydroxylation is 1. The van der Waals surface area contributed by atoms with Crippen LogP contribution in [-0.2, 0) is 0 Å². The van der Waals surface area contributed by atoms with E-state index >= 15 is 0 Å². The van der Waals surface area contributed by atoms with Gasteiger partial charge in [0.05, 0.1) is 0 Å². The van der Waals surface area contributed by atoms with Crippen LogP contribution in [-0.4, -0.2) is 59.7 Å². The van der Waals surface area contributed by atoms with Crippen LogP contribution < -0.4 is 14.8 Å². The molecule has 1 aromatic carbocycles. The summed E-state index contributed by atoms with van der Waals surface area (Å²) in [4.78, 5) is 31.3. The average molecular weight is 356 g/mol. The molecule has 0 unspecified atom stereocenters. The largest absolute Gasteiger partial charge is 0.454 e. The lowest BCUT2D eigenvalue weighted by Crippen LogP contribution is -2.51. The third-order valence-corrected chi connectivity index (χ3v) is 4.64. The van der Waals surface area contributed by atoms with Crippen molar-refractivity contribution in [2.75, 3.05) is 38.3 Å². The van der Waals surface area contributed by atoms with Crippen LogP contribution >= 0.6 is 0 Å². The second-order valence-electron chi connectivity index (χ2n) is 6.31. The van der Waals surface area contributed by atoms with Gasteiger partial charge in [-0.15, -0.1) is 0 Å². The monoisotopic (exact) mass is 356 g/mol. The molecule has 0 radical (unpaired) electrons. The van der Waals surface area contributed by atoms with Crippen LogP contribution in [0.1, 0.15) is 16.1 Å². The fraction of sp³-hybridized carbons (Fsp3) is 0.333. The summed E-state index contributed by atoms with van der Waals surface area (Å²) in [6.07, 6.45) is 1.73. The van der Waals surface area contributed by atoms with Crippen LogP contribution in [0.15, 0.2) is 30.5 Å². The lowest BCUT2D eigenvalue weighted by atomic mass is 10.2. The summed E-state index contributed by atoms with van der Waals surface area (Å²) in [5.41, 5.74) is 2.17. The average Bonchev–Trinajstić information content (AvgIpc) is 3.33. The SMILES string of the molecule is Cc1cc2c(cc1NC(=O)N1CCN(C(=O)c3ccc[nH]3)CC1)OCO2. The number of H-pyrrole nitrogens is 1. The Labute approximate surface area is 150 Å². The molecule has 1 saturated heterocycles. The van der Waals surface area contributed by atoms with E-state index in [1.165, 1.54) is 0 Å². The molecule has 0 aliphatic carbocycles. The molecule has 4 rings (SSSR count). The van der Waals surface area contributed by atoms with Gasteiger partial charge in [0.2, 0.25) is 6.79 Å². The lowest BCUT2D eigenvalue weighted by molar-refractivity contribution is 0.0666. The standard InChI is InChI=1S/C18H20N4O4/c1-12-9-15-16(26-11-25-15)10-14(12)20-18(24)22-7-5-21(6-8-22)17(23)13-3-2-4-19-13/h2-4,9-10,19H,5-8,11H2,1H3,(H,20,24). The summed E-state index contributed by atoms with van der Waals surface area (Å²) in [6, 6.07) is 7.00. The molecule has 1 aromatic heterocycles. The number of piperazine rings is 1. The van der Waals surface area contributed by atoms with Gasteiger partial charge in [0.15, 0.2) is 11.5 Å². The summed E-state index contributed by atoms with van der Waals surface area (Å²) in [5.74, 6) is 1.28. The van der Waals surface area contributed by atoms with E-state index in [0.717, 1.165) is 5.56 Å². The summed E-state index contributed by atoms with van der Waals surface area (Å²) < 4.78 is 10.7. The first-order valence-electron chi connectivity index (χ1n) is 8.50. The summed E-state index contributed by atoms with van der Waals surface area (Å²) in [5, 5.41) is 2.92. The molecule has 0 saturated carbocycles. The molecular formula is C18H20N4O4. The van der Waals surface area contributed by atoms with E-state index in [9.17, 15) is 9.59 Å². The number of nitrogens with zero attached hydrogens (tertiary/aromatic N) is 2. The second kappa shape index (κ2) is 6.62. The molecule has 0 bridgehead atoms. The quantitative estimate of drug-likeness (QED) is 0.862. The van der Waals surface area contributed by atoms with Gasteiger partial charge in [-0.25, -0.2) is 4.79 Å². The van der Waals surface area contributed by atoms with Crippen molar-refractivity contribution in [3.8, 4) is 11.5 Å². The molecule has 2 aliphatic heterocycles. The summed E-state index contributed by atoms with van der Waals surface area (Å²) in [6.45, 7) is 4.09. The minimum Gasteiger partial charge on any atom is -0.454 e. The number of hydrogen-bond acceptors (Lipinski definition) is 4. The van der Waals surface area contributed by atoms with Gasteiger partial charge in [0.25, 0.3) is 5.91 Å². The van der Waals surface area contributed by atoms with Crippen molar-refractivity contribution < 1.29 is 19.1 Å². The molecule has 3 heterocycles.